The molecule has 0 heterocycles. The normalized spacial score (nSPS) is 11.6. The molecule has 0 bridgehead atoms. The van der Waals surface area contributed by atoms with Gasteiger partial charge in [0, 0.05) is 12.1 Å². The fourth-order valence-corrected chi connectivity index (χ4v) is 2.90. The lowest BCUT2D eigenvalue weighted by atomic mass is 10.1. The van der Waals surface area contributed by atoms with Crippen LogP contribution in [0.4, 0.5) is 0 Å². The van der Waals surface area contributed by atoms with Crippen molar-refractivity contribution in [1.29, 1.82) is 0 Å². The van der Waals surface area contributed by atoms with Crippen LogP contribution in [-0.2, 0) is 6.54 Å². The Morgan fingerprint density at radius 3 is 1.81 bits per heavy atom. The molecule has 6 heteroatoms. The SMILES string of the molecule is COc1cc(OC)c(C[NH2+][C@H](C)c2cc(OC)ccc2OC)c(OC)c1. The Morgan fingerprint density at radius 2 is 1.31 bits per heavy atom. The molecule has 142 valence electrons. The zero-order valence-electron chi connectivity index (χ0n) is 16.3. The molecule has 0 fully saturated rings. The number of quaternary nitrogens is 1. The highest BCUT2D eigenvalue weighted by molar-refractivity contribution is 5.50. The maximum Gasteiger partial charge on any atom is 0.135 e. The fourth-order valence-electron chi connectivity index (χ4n) is 2.90. The number of benzene rings is 2. The quantitative estimate of drug-likeness (QED) is 0.743. The number of hydrogen-bond acceptors (Lipinski definition) is 5. The second-order valence-electron chi connectivity index (χ2n) is 5.85. The predicted octanol–water partition coefficient (Wildman–Crippen LogP) is 2.55. The molecule has 6 nitrogen and oxygen atoms in total. The molecule has 2 aromatic rings. The lowest BCUT2D eigenvalue weighted by molar-refractivity contribution is -0.708. The summed E-state index contributed by atoms with van der Waals surface area (Å²) in [5.74, 6) is 3.82. The van der Waals surface area contributed by atoms with Gasteiger partial charge in [-0.2, -0.15) is 0 Å². The molecule has 0 aliphatic carbocycles. The van der Waals surface area contributed by atoms with Crippen LogP contribution in [0.2, 0.25) is 0 Å². The first kappa shape index (κ1) is 19.7. The van der Waals surface area contributed by atoms with Crippen LogP contribution < -0.4 is 29.0 Å². The van der Waals surface area contributed by atoms with Crippen LogP contribution in [0, 0.1) is 0 Å². The number of ether oxygens (including phenoxy) is 5. The Hall–Kier alpha value is -2.60. The van der Waals surface area contributed by atoms with E-state index in [1.54, 1.807) is 35.5 Å². The highest BCUT2D eigenvalue weighted by Crippen LogP contribution is 2.34. The van der Waals surface area contributed by atoms with Crippen molar-refractivity contribution in [2.24, 2.45) is 0 Å². The molecule has 0 saturated carbocycles. The summed E-state index contributed by atoms with van der Waals surface area (Å²) in [6.07, 6.45) is 0. The Balaban J connectivity index is 2.26. The van der Waals surface area contributed by atoms with Gasteiger partial charge in [0.2, 0.25) is 0 Å². The van der Waals surface area contributed by atoms with E-state index in [0.29, 0.717) is 12.3 Å². The van der Waals surface area contributed by atoms with Crippen molar-refractivity contribution in [1.82, 2.24) is 0 Å². The molecule has 0 unspecified atom stereocenters. The van der Waals surface area contributed by atoms with Crippen molar-refractivity contribution in [2.75, 3.05) is 35.5 Å². The van der Waals surface area contributed by atoms with Crippen LogP contribution >= 0.6 is 0 Å². The number of nitrogens with two attached hydrogens (primary N) is 1. The van der Waals surface area contributed by atoms with Gasteiger partial charge in [-0.1, -0.05) is 0 Å². The lowest BCUT2D eigenvalue weighted by Crippen LogP contribution is -2.83. The van der Waals surface area contributed by atoms with Crippen molar-refractivity contribution in [2.45, 2.75) is 19.5 Å². The van der Waals surface area contributed by atoms with Crippen molar-refractivity contribution in [3.63, 3.8) is 0 Å². The molecular weight excluding hydrogens is 334 g/mol. The molecule has 0 saturated heterocycles. The van der Waals surface area contributed by atoms with Crippen molar-refractivity contribution in [3.05, 3.63) is 41.5 Å². The van der Waals surface area contributed by atoms with E-state index in [0.717, 1.165) is 34.1 Å². The zero-order chi connectivity index (χ0) is 19.1. The van der Waals surface area contributed by atoms with Gasteiger partial charge in [0.25, 0.3) is 0 Å². The average Bonchev–Trinajstić information content (AvgIpc) is 2.70. The van der Waals surface area contributed by atoms with Gasteiger partial charge in [0.1, 0.15) is 41.3 Å². The molecule has 0 spiro atoms. The van der Waals surface area contributed by atoms with E-state index >= 15 is 0 Å². The summed E-state index contributed by atoms with van der Waals surface area (Å²) in [4.78, 5) is 0. The lowest BCUT2D eigenvalue weighted by Gasteiger charge is -2.18. The highest BCUT2D eigenvalue weighted by atomic mass is 16.5. The van der Waals surface area contributed by atoms with Crippen LogP contribution in [0.1, 0.15) is 24.1 Å². The minimum Gasteiger partial charge on any atom is -0.497 e. The summed E-state index contributed by atoms with van der Waals surface area (Å²) in [6.45, 7) is 2.80. The van der Waals surface area contributed by atoms with Crippen molar-refractivity contribution in [3.8, 4) is 28.7 Å². The fraction of sp³-hybridized carbons (Fsp3) is 0.400. The van der Waals surface area contributed by atoms with Crippen LogP contribution in [0.3, 0.4) is 0 Å². The number of rotatable bonds is 9. The monoisotopic (exact) mass is 362 g/mol. The zero-order valence-corrected chi connectivity index (χ0v) is 16.3. The largest absolute Gasteiger partial charge is 0.497 e. The van der Waals surface area contributed by atoms with Crippen molar-refractivity contribution >= 4 is 0 Å². The van der Waals surface area contributed by atoms with Crippen LogP contribution in [0.15, 0.2) is 30.3 Å². The first-order valence-corrected chi connectivity index (χ1v) is 8.42. The molecular formula is C20H28NO5+. The second-order valence-corrected chi connectivity index (χ2v) is 5.85. The predicted molar refractivity (Wildman–Crippen MR) is 99.7 cm³/mol. The molecule has 26 heavy (non-hydrogen) atoms. The van der Waals surface area contributed by atoms with Gasteiger partial charge >= 0.3 is 0 Å². The molecule has 2 N–H and O–H groups in total. The summed E-state index contributed by atoms with van der Waals surface area (Å²) in [6, 6.07) is 9.70. The smallest absolute Gasteiger partial charge is 0.135 e. The second kappa shape index (κ2) is 9.20. The minimum absolute atomic E-state index is 0.150. The van der Waals surface area contributed by atoms with Crippen LogP contribution in [-0.4, -0.2) is 35.5 Å². The molecule has 0 aromatic heterocycles. The van der Waals surface area contributed by atoms with Gasteiger partial charge in [-0.05, 0) is 25.1 Å². The van der Waals surface area contributed by atoms with E-state index < -0.39 is 0 Å². The van der Waals surface area contributed by atoms with E-state index in [4.69, 9.17) is 23.7 Å². The molecule has 0 aliphatic heterocycles. The molecule has 2 rings (SSSR count). The van der Waals surface area contributed by atoms with Gasteiger partial charge < -0.3 is 29.0 Å². The number of hydrogen-bond donors (Lipinski definition) is 1. The summed E-state index contributed by atoms with van der Waals surface area (Å²) >= 11 is 0. The van der Waals surface area contributed by atoms with E-state index in [1.165, 1.54) is 0 Å². The summed E-state index contributed by atoms with van der Waals surface area (Å²) in [7, 11) is 8.25. The molecule has 1 atom stereocenters. The van der Waals surface area contributed by atoms with Gasteiger partial charge in [0.15, 0.2) is 0 Å². The van der Waals surface area contributed by atoms with Gasteiger partial charge in [-0.15, -0.1) is 0 Å². The maximum absolute atomic E-state index is 5.53. The topological polar surface area (TPSA) is 62.8 Å². The third kappa shape index (κ3) is 4.32. The maximum atomic E-state index is 5.53. The van der Waals surface area contributed by atoms with Crippen LogP contribution in [0.25, 0.3) is 0 Å². The number of methoxy groups -OCH3 is 5. The summed E-state index contributed by atoms with van der Waals surface area (Å²) < 4.78 is 27.2. The Kier molecular flexibility index (Phi) is 6.97. The Morgan fingerprint density at radius 1 is 0.731 bits per heavy atom. The molecule has 0 amide bonds. The van der Waals surface area contributed by atoms with Gasteiger partial charge in [-0.25, -0.2) is 0 Å². The third-order valence-electron chi connectivity index (χ3n) is 4.42. The standard InChI is InChI=1S/C20H27NO5/c1-13(16-9-14(22-2)7-8-18(16)24-4)21-12-17-19(25-5)10-15(23-3)11-20(17)26-6/h7-11,13,21H,12H2,1-6H3/p+1/t13-/m1/s1. The van der Waals surface area contributed by atoms with Gasteiger partial charge in [-0.3, -0.25) is 0 Å². The first-order chi connectivity index (χ1) is 12.6. The summed E-state index contributed by atoms with van der Waals surface area (Å²) in [5, 5.41) is 2.20. The van der Waals surface area contributed by atoms with Crippen LogP contribution in [0.5, 0.6) is 28.7 Å². The molecule has 2 aromatic carbocycles. The van der Waals surface area contributed by atoms with Gasteiger partial charge in [0.05, 0.1) is 46.7 Å². The average molecular weight is 362 g/mol. The summed E-state index contributed by atoms with van der Waals surface area (Å²) in [5.41, 5.74) is 2.04. The molecule has 0 radical (unpaired) electrons. The Bertz CT molecular complexity index is 707. The van der Waals surface area contributed by atoms with Crippen molar-refractivity contribution < 1.29 is 29.0 Å². The van der Waals surface area contributed by atoms with E-state index in [2.05, 4.69) is 12.2 Å². The third-order valence-corrected chi connectivity index (χ3v) is 4.42. The van der Waals surface area contributed by atoms with E-state index in [-0.39, 0.29) is 6.04 Å². The molecule has 0 aliphatic rings. The first-order valence-electron chi connectivity index (χ1n) is 8.42. The highest BCUT2D eigenvalue weighted by Gasteiger charge is 2.19. The Labute approximate surface area is 155 Å². The minimum atomic E-state index is 0.150. The van der Waals surface area contributed by atoms with E-state index in [1.807, 2.05) is 30.3 Å². The van der Waals surface area contributed by atoms with E-state index in [9.17, 15) is 0 Å².